The minimum absolute atomic E-state index is 0.0727. The van der Waals surface area contributed by atoms with Gasteiger partial charge in [0.05, 0.1) is 5.39 Å². The SMILES string of the molecule is O=c1ccn(-c2ccc(F)cc2)c2ncccc12. The molecule has 0 fully saturated rings. The van der Waals surface area contributed by atoms with Gasteiger partial charge in [-0.1, -0.05) is 0 Å². The summed E-state index contributed by atoms with van der Waals surface area (Å²) >= 11 is 0. The van der Waals surface area contributed by atoms with E-state index < -0.39 is 0 Å². The molecular formula is C14H9FN2O. The number of hydrogen-bond donors (Lipinski definition) is 0. The van der Waals surface area contributed by atoms with Crippen LogP contribution in [0.15, 0.2) is 59.7 Å². The molecule has 0 radical (unpaired) electrons. The molecule has 0 bridgehead atoms. The molecule has 3 aromatic rings. The summed E-state index contributed by atoms with van der Waals surface area (Å²) in [7, 11) is 0. The molecule has 2 aromatic heterocycles. The molecule has 0 unspecified atom stereocenters. The van der Waals surface area contributed by atoms with E-state index in [1.54, 1.807) is 41.2 Å². The van der Waals surface area contributed by atoms with Gasteiger partial charge in [0.1, 0.15) is 11.5 Å². The Morgan fingerprint density at radius 3 is 2.61 bits per heavy atom. The molecule has 0 spiro atoms. The summed E-state index contributed by atoms with van der Waals surface area (Å²) in [5.74, 6) is -0.294. The Bertz CT molecular complexity index is 763. The van der Waals surface area contributed by atoms with E-state index in [1.165, 1.54) is 18.2 Å². The van der Waals surface area contributed by atoms with Crippen LogP contribution in [-0.2, 0) is 0 Å². The molecular weight excluding hydrogens is 231 g/mol. The van der Waals surface area contributed by atoms with E-state index in [2.05, 4.69) is 4.98 Å². The number of benzene rings is 1. The van der Waals surface area contributed by atoms with Gasteiger partial charge in [0.2, 0.25) is 0 Å². The first-order chi connectivity index (χ1) is 8.75. The van der Waals surface area contributed by atoms with Crippen LogP contribution in [-0.4, -0.2) is 9.55 Å². The van der Waals surface area contributed by atoms with Crippen LogP contribution < -0.4 is 5.43 Å². The molecule has 0 aliphatic rings. The molecule has 1 aromatic carbocycles. The highest BCUT2D eigenvalue weighted by Gasteiger charge is 2.04. The second kappa shape index (κ2) is 4.07. The maximum absolute atomic E-state index is 12.9. The molecule has 0 amide bonds. The Kier molecular flexibility index (Phi) is 2.41. The van der Waals surface area contributed by atoms with Gasteiger partial charge in [0, 0.05) is 24.1 Å². The molecule has 0 N–H and O–H groups in total. The van der Waals surface area contributed by atoms with E-state index in [0.717, 1.165) is 5.69 Å². The lowest BCUT2D eigenvalue weighted by molar-refractivity contribution is 0.627. The fraction of sp³-hybridized carbons (Fsp3) is 0. The number of halogens is 1. The predicted octanol–water partition coefficient (Wildman–Crippen LogP) is 2.52. The lowest BCUT2D eigenvalue weighted by Crippen LogP contribution is -2.07. The third kappa shape index (κ3) is 1.68. The zero-order valence-corrected chi connectivity index (χ0v) is 9.38. The predicted molar refractivity (Wildman–Crippen MR) is 67.3 cm³/mol. The first-order valence-electron chi connectivity index (χ1n) is 5.48. The molecule has 4 heteroatoms. The molecule has 0 aliphatic carbocycles. The summed E-state index contributed by atoms with van der Waals surface area (Å²) in [4.78, 5) is 15.9. The van der Waals surface area contributed by atoms with Crippen molar-refractivity contribution in [1.29, 1.82) is 0 Å². The van der Waals surface area contributed by atoms with Gasteiger partial charge in [-0.15, -0.1) is 0 Å². The maximum Gasteiger partial charge on any atom is 0.191 e. The van der Waals surface area contributed by atoms with Crippen molar-refractivity contribution in [1.82, 2.24) is 9.55 Å². The van der Waals surface area contributed by atoms with E-state index in [-0.39, 0.29) is 11.2 Å². The molecule has 0 atom stereocenters. The van der Waals surface area contributed by atoms with Gasteiger partial charge < -0.3 is 4.57 Å². The van der Waals surface area contributed by atoms with Crippen molar-refractivity contribution >= 4 is 11.0 Å². The number of hydrogen-bond acceptors (Lipinski definition) is 2. The van der Waals surface area contributed by atoms with Crippen molar-refractivity contribution in [3.8, 4) is 5.69 Å². The van der Waals surface area contributed by atoms with Crippen LogP contribution in [0.25, 0.3) is 16.7 Å². The van der Waals surface area contributed by atoms with Gasteiger partial charge in [0.25, 0.3) is 0 Å². The van der Waals surface area contributed by atoms with Crippen molar-refractivity contribution in [2.75, 3.05) is 0 Å². The van der Waals surface area contributed by atoms with Crippen LogP contribution in [0.3, 0.4) is 0 Å². The Morgan fingerprint density at radius 1 is 1.06 bits per heavy atom. The number of aromatic nitrogens is 2. The van der Waals surface area contributed by atoms with Gasteiger partial charge >= 0.3 is 0 Å². The Balaban J connectivity index is 2.33. The number of rotatable bonds is 1. The summed E-state index contributed by atoms with van der Waals surface area (Å²) in [6, 6.07) is 11.0. The highest BCUT2D eigenvalue weighted by molar-refractivity contribution is 5.76. The van der Waals surface area contributed by atoms with Gasteiger partial charge in [-0.2, -0.15) is 0 Å². The quantitative estimate of drug-likeness (QED) is 0.655. The highest BCUT2D eigenvalue weighted by Crippen LogP contribution is 2.14. The number of pyridine rings is 2. The zero-order valence-electron chi connectivity index (χ0n) is 9.38. The normalized spacial score (nSPS) is 10.7. The van der Waals surface area contributed by atoms with E-state index in [0.29, 0.717) is 11.0 Å². The number of nitrogens with zero attached hydrogens (tertiary/aromatic N) is 2. The van der Waals surface area contributed by atoms with Crippen LogP contribution in [0.5, 0.6) is 0 Å². The Morgan fingerprint density at radius 2 is 1.83 bits per heavy atom. The Labute approximate surface area is 102 Å². The lowest BCUT2D eigenvalue weighted by atomic mass is 10.2. The second-order valence-electron chi connectivity index (χ2n) is 3.90. The first-order valence-corrected chi connectivity index (χ1v) is 5.48. The maximum atomic E-state index is 12.9. The van der Waals surface area contributed by atoms with E-state index in [1.807, 2.05) is 0 Å². The number of fused-ring (bicyclic) bond motifs is 1. The van der Waals surface area contributed by atoms with Gasteiger partial charge in [0.15, 0.2) is 5.43 Å². The van der Waals surface area contributed by atoms with Crippen molar-refractivity contribution in [3.05, 3.63) is 70.9 Å². The smallest absolute Gasteiger partial charge is 0.191 e. The molecule has 2 heterocycles. The van der Waals surface area contributed by atoms with E-state index in [9.17, 15) is 9.18 Å². The van der Waals surface area contributed by atoms with Crippen LogP contribution >= 0.6 is 0 Å². The largest absolute Gasteiger partial charge is 0.301 e. The average Bonchev–Trinajstić information content (AvgIpc) is 2.41. The van der Waals surface area contributed by atoms with Crippen molar-refractivity contribution in [2.45, 2.75) is 0 Å². The third-order valence-corrected chi connectivity index (χ3v) is 2.76. The van der Waals surface area contributed by atoms with Gasteiger partial charge in [-0.05, 0) is 36.4 Å². The molecule has 0 saturated heterocycles. The molecule has 18 heavy (non-hydrogen) atoms. The molecule has 3 rings (SSSR count). The van der Waals surface area contributed by atoms with Gasteiger partial charge in [-0.3, -0.25) is 4.79 Å². The topological polar surface area (TPSA) is 34.9 Å². The highest BCUT2D eigenvalue weighted by atomic mass is 19.1. The van der Waals surface area contributed by atoms with Crippen molar-refractivity contribution in [2.24, 2.45) is 0 Å². The molecule has 0 saturated carbocycles. The zero-order chi connectivity index (χ0) is 12.5. The van der Waals surface area contributed by atoms with Crippen molar-refractivity contribution < 1.29 is 4.39 Å². The standard InChI is InChI=1S/C14H9FN2O/c15-10-3-5-11(6-4-10)17-9-7-13(18)12-2-1-8-16-14(12)17/h1-9H. The minimum atomic E-state index is -0.294. The monoisotopic (exact) mass is 240 g/mol. The summed E-state index contributed by atoms with van der Waals surface area (Å²) in [5, 5.41) is 0.546. The van der Waals surface area contributed by atoms with Crippen LogP contribution in [0.2, 0.25) is 0 Å². The summed E-state index contributed by atoms with van der Waals surface area (Å²) in [6.07, 6.45) is 3.27. The fourth-order valence-electron chi connectivity index (χ4n) is 1.89. The first kappa shape index (κ1) is 10.7. The average molecular weight is 240 g/mol. The lowest BCUT2D eigenvalue weighted by Gasteiger charge is -2.09. The van der Waals surface area contributed by atoms with Gasteiger partial charge in [-0.25, -0.2) is 9.37 Å². The minimum Gasteiger partial charge on any atom is -0.301 e. The van der Waals surface area contributed by atoms with Crippen LogP contribution in [0, 0.1) is 5.82 Å². The second-order valence-corrected chi connectivity index (χ2v) is 3.90. The summed E-state index contributed by atoms with van der Waals surface area (Å²) in [6.45, 7) is 0. The van der Waals surface area contributed by atoms with Crippen LogP contribution in [0.1, 0.15) is 0 Å². The molecule has 88 valence electrons. The fourth-order valence-corrected chi connectivity index (χ4v) is 1.89. The van der Waals surface area contributed by atoms with E-state index in [4.69, 9.17) is 0 Å². The summed E-state index contributed by atoms with van der Waals surface area (Å²) < 4.78 is 14.7. The summed E-state index contributed by atoms with van der Waals surface area (Å²) in [5.41, 5.74) is 1.26. The Hall–Kier alpha value is -2.49. The van der Waals surface area contributed by atoms with Crippen LogP contribution in [0.4, 0.5) is 4.39 Å². The van der Waals surface area contributed by atoms with Crippen molar-refractivity contribution in [3.63, 3.8) is 0 Å². The third-order valence-electron chi connectivity index (χ3n) is 2.76. The van der Waals surface area contributed by atoms with E-state index >= 15 is 0 Å². The molecule has 0 aliphatic heterocycles. The molecule has 3 nitrogen and oxygen atoms in total.